The Morgan fingerprint density at radius 2 is 1.89 bits per heavy atom. The number of carbonyl (C=O) groups excluding carboxylic acids is 4. The van der Waals surface area contributed by atoms with Crippen LogP contribution in [0.25, 0.3) is 0 Å². The lowest BCUT2D eigenvalue weighted by Gasteiger charge is -2.33. The number of hydrogen-bond donors (Lipinski definition) is 4. The minimum atomic E-state index is -1.85. The number of hydrogen-bond acceptors (Lipinski definition) is 9. The average Bonchev–Trinajstić information content (AvgIpc) is 3.04. The maximum absolute atomic E-state index is 15.5. The molecule has 46 heavy (non-hydrogen) atoms. The Balaban J connectivity index is 1.39. The molecule has 1 saturated heterocycles. The first-order valence-electron chi connectivity index (χ1n) is 14.3. The van der Waals surface area contributed by atoms with Gasteiger partial charge in [0.15, 0.2) is 11.9 Å². The molecule has 1 aromatic heterocycles. The fraction of sp³-hybridized carbons (Fsp3) is 0.267. The molecule has 0 bridgehead atoms. The summed E-state index contributed by atoms with van der Waals surface area (Å²) in [6.45, 7) is 1.93. The van der Waals surface area contributed by atoms with Gasteiger partial charge in [-0.3, -0.25) is 24.3 Å². The third kappa shape index (κ3) is 6.76. The summed E-state index contributed by atoms with van der Waals surface area (Å²) in [7, 11) is -1.71. The van der Waals surface area contributed by atoms with Gasteiger partial charge in [0.25, 0.3) is 0 Å². The van der Waals surface area contributed by atoms with E-state index in [0.717, 1.165) is 17.8 Å². The van der Waals surface area contributed by atoms with Crippen molar-refractivity contribution in [1.82, 2.24) is 25.4 Å². The van der Waals surface area contributed by atoms with E-state index >= 15 is 4.39 Å². The Morgan fingerprint density at radius 3 is 2.59 bits per heavy atom. The Labute approximate surface area is 262 Å². The zero-order valence-corrected chi connectivity index (χ0v) is 24.5. The number of likely N-dealkylation sites (N-methyl/N-ethyl adjacent to an activating group) is 1. The van der Waals surface area contributed by atoms with E-state index in [0.29, 0.717) is 10.5 Å². The highest BCUT2D eigenvalue weighted by molar-refractivity contribution is 6.47. The third-order valence-electron chi connectivity index (χ3n) is 7.51. The van der Waals surface area contributed by atoms with Crippen molar-refractivity contribution in [2.24, 2.45) is 0 Å². The molecule has 0 aliphatic carbocycles. The Kier molecular flexibility index (Phi) is 9.46. The van der Waals surface area contributed by atoms with Gasteiger partial charge < -0.3 is 35.1 Å². The van der Waals surface area contributed by atoms with E-state index in [1.807, 2.05) is 30.3 Å². The highest BCUT2D eigenvalue weighted by Gasteiger charge is 2.41. The number of carbonyl (C=O) groups is 5. The van der Waals surface area contributed by atoms with Gasteiger partial charge in [0.2, 0.25) is 5.91 Å². The number of para-hydroxylation sites is 1. The molecule has 238 valence electrons. The molecule has 16 heteroatoms. The van der Waals surface area contributed by atoms with Crippen LogP contribution in [-0.2, 0) is 27.4 Å². The van der Waals surface area contributed by atoms with Crippen molar-refractivity contribution in [1.29, 1.82) is 0 Å². The predicted molar refractivity (Wildman–Crippen MR) is 158 cm³/mol. The summed E-state index contributed by atoms with van der Waals surface area (Å²) < 4.78 is 26.6. The van der Waals surface area contributed by atoms with Crippen LogP contribution in [0.15, 0.2) is 60.8 Å². The van der Waals surface area contributed by atoms with Crippen molar-refractivity contribution in [2.75, 3.05) is 19.6 Å². The number of carboxylic acid groups (broad SMARTS) is 1. The molecule has 0 saturated carbocycles. The summed E-state index contributed by atoms with van der Waals surface area (Å²) in [5.74, 6) is -6.55. The number of nitrogens with zero attached hydrogens (tertiary/aromatic N) is 3. The monoisotopic (exact) mass is 633 g/mol. The summed E-state index contributed by atoms with van der Waals surface area (Å²) in [5, 5.41) is 24.9. The van der Waals surface area contributed by atoms with Crippen LogP contribution in [0.3, 0.4) is 0 Å². The Bertz CT molecular complexity index is 1680. The van der Waals surface area contributed by atoms with Gasteiger partial charge >= 0.3 is 30.9 Å². The number of fused-ring (bicyclic) bond motifs is 1. The largest absolute Gasteiger partial charge is 0.547 e. The quantitative estimate of drug-likeness (QED) is 0.196. The average molecular weight is 633 g/mol. The molecule has 3 aromatic rings. The van der Waals surface area contributed by atoms with Gasteiger partial charge in [0.05, 0.1) is 17.7 Å². The van der Waals surface area contributed by atoms with Crippen molar-refractivity contribution >= 4 is 36.8 Å². The van der Waals surface area contributed by atoms with Gasteiger partial charge in [-0.2, -0.15) is 0 Å². The normalized spacial score (nSPS) is 16.7. The van der Waals surface area contributed by atoms with E-state index in [1.54, 1.807) is 13.0 Å². The summed E-state index contributed by atoms with van der Waals surface area (Å²) in [5.41, 5.74) is 0.459. The van der Waals surface area contributed by atoms with Gasteiger partial charge in [-0.05, 0) is 30.5 Å². The minimum Gasteiger partial charge on any atom is -0.534 e. The van der Waals surface area contributed by atoms with E-state index in [1.165, 1.54) is 17.0 Å². The molecule has 2 aliphatic heterocycles. The lowest BCUT2D eigenvalue weighted by atomic mass is 9.72. The highest BCUT2D eigenvalue weighted by atomic mass is 19.1. The number of urea groups is 1. The zero-order valence-electron chi connectivity index (χ0n) is 24.5. The van der Waals surface area contributed by atoms with Crippen LogP contribution in [0.1, 0.15) is 40.1 Å². The smallest absolute Gasteiger partial charge is 0.534 e. The molecule has 1 fully saturated rings. The van der Waals surface area contributed by atoms with E-state index in [-0.39, 0.29) is 49.7 Å². The first-order valence-corrected chi connectivity index (χ1v) is 14.3. The number of carboxylic acids is 1. The van der Waals surface area contributed by atoms with Crippen LogP contribution in [0.5, 0.6) is 11.5 Å². The van der Waals surface area contributed by atoms with Gasteiger partial charge in [0, 0.05) is 25.7 Å². The van der Waals surface area contributed by atoms with Gasteiger partial charge in [-0.25, -0.2) is 14.0 Å². The molecule has 5 amide bonds. The Hall–Kier alpha value is -5.51. The van der Waals surface area contributed by atoms with Crippen LogP contribution in [-0.4, -0.2) is 87.3 Å². The van der Waals surface area contributed by atoms with Crippen molar-refractivity contribution in [3.63, 3.8) is 0 Å². The minimum absolute atomic E-state index is 0.0361. The molecule has 2 aliphatic rings. The van der Waals surface area contributed by atoms with Crippen LogP contribution >= 0.6 is 0 Å². The topological polar surface area (TPSA) is 188 Å². The second-order valence-electron chi connectivity index (χ2n) is 10.5. The van der Waals surface area contributed by atoms with Crippen molar-refractivity contribution in [2.45, 2.75) is 31.9 Å². The number of piperazine rings is 1. The van der Waals surface area contributed by atoms with Gasteiger partial charge in [-0.15, -0.1) is 0 Å². The number of pyridine rings is 1. The molecule has 0 radical (unpaired) electrons. The number of rotatable bonds is 9. The van der Waals surface area contributed by atoms with Crippen molar-refractivity contribution in [3.05, 3.63) is 89.0 Å². The molecule has 14 nitrogen and oxygen atoms in total. The number of nitrogens with one attached hydrogen (secondary N) is 2. The van der Waals surface area contributed by atoms with Crippen molar-refractivity contribution in [3.8, 4) is 11.5 Å². The van der Waals surface area contributed by atoms with Crippen molar-refractivity contribution < 1.29 is 47.9 Å². The second-order valence-corrected chi connectivity index (χ2v) is 10.5. The number of halogens is 1. The highest BCUT2D eigenvalue weighted by Crippen LogP contribution is 2.30. The molecule has 3 heterocycles. The summed E-state index contributed by atoms with van der Waals surface area (Å²) in [6.07, 6.45) is 1.09. The van der Waals surface area contributed by atoms with Crippen LogP contribution in [0.4, 0.5) is 9.18 Å². The summed E-state index contributed by atoms with van der Waals surface area (Å²) >= 11 is 0. The molecule has 1 unspecified atom stereocenters. The van der Waals surface area contributed by atoms with E-state index in [9.17, 15) is 34.1 Å². The number of imide groups is 1. The maximum atomic E-state index is 15.5. The number of benzene rings is 2. The number of aromatic carboxylic acids is 1. The third-order valence-corrected chi connectivity index (χ3v) is 7.51. The molecular formula is C30H29BFN5O9. The predicted octanol–water partition coefficient (Wildman–Crippen LogP) is 1.08. The Morgan fingerprint density at radius 1 is 1.13 bits per heavy atom. The maximum Gasteiger partial charge on any atom is 0.547 e. The number of aromatic nitrogens is 1. The first-order chi connectivity index (χ1) is 22.1. The second kappa shape index (κ2) is 13.6. The molecule has 5 rings (SSSR count). The summed E-state index contributed by atoms with van der Waals surface area (Å²) in [4.78, 5) is 69.4. The number of ether oxygens (including phenoxy) is 1. The molecule has 2 aromatic carbocycles. The molecule has 0 spiro atoms. The standard InChI is InChI=1S/C30H29BFN5O9/c1-2-36-11-12-37(28(40)27(36)39)30(43)35-24(23-21(32)14-19(15-33-23)45-16-17-7-4-3-5-8-17)26(38)34-22-13-18-9-6-10-20(29(41)42)25(18)46-31(22)44/h3-10,14-15,22,24,44H,2,11-13,16H2,1H3,(H,34,38)(H,35,43)(H,41,42)/t22-,24?/m0/s1. The van der Waals surface area contributed by atoms with E-state index in [2.05, 4.69) is 15.6 Å². The van der Waals surface area contributed by atoms with Crippen LogP contribution in [0, 0.1) is 5.82 Å². The van der Waals surface area contributed by atoms with Crippen LogP contribution < -0.4 is 20.0 Å². The lowest BCUT2D eigenvalue weighted by Crippen LogP contribution is -2.60. The molecular weight excluding hydrogens is 604 g/mol. The fourth-order valence-corrected chi connectivity index (χ4v) is 5.07. The lowest BCUT2D eigenvalue weighted by molar-refractivity contribution is -0.153. The van der Waals surface area contributed by atoms with Gasteiger partial charge in [-0.1, -0.05) is 42.5 Å². The summed E-state index contributed by atoms with van der Waals surface area (Å²) in [6, 6.07) is 11.4. The SMILES string of the molecule is CCN1CCN(C(=O)NC(C(=O)N[C@H]2Cc3cccc(C(=O)O)c3OB2O)c2ncc(OCc3ccccc3)cc2F)C(=O)C1=O. The fourth-order valence-electron chi connectivity index (χ4n) is 5.07. The first kappa shape index (κ1) is 31.9. The van der Waals surface area contributed by atoms with Crippen LogP contribution in [0.2, 0.25) is 0 Å². The van der Waals surface area contributed by atoms with E-state index in [4.69, 9.17) is 9.39 Å². The van der Waals surface area contributed by atoms with E-state index < -0.39 is 60.3 Å². The van der Waals surface area contributed by atoms with Gasteiger partial charge in [0.1, 0.15) is 23.8 Å². The molecule has 4 N–H and O–H groups in total. The number of amides is 5. The zero-order chi connectivity index (χ0) is 33.0. The molecule has 2 atom stereocenters.